The molecule has 0 amide bonds. The molecular weight excluding hydrogens is 442 g/mol. The van der Waals surface area contributed by atoms with Gasteiger partial charge in [-0.15, -0.1) is 0 Å². The van der Waals surface area contributed by atoms with Crippen molar-refractivity contribution in [2.24, 2.45) is 0 Å². The summed E-state index contributed by atoms with van der Waals surface area (Å²) in [4.78, 5) is 25.2. The maximum atomic E-state index is 12.6. The molecular formula is C21H26BrNO6. The van der Waals surface area contributed by atoms with E-state index in [0.717, 1.165) is 6.42 Å². The number of carbonyl (C=O) groups is 2. The third-order valence-electron chi connectivity index (χ3n) is 4.61. The van der Waals surface area contributed by atoms with Gasteiger partial charge in [-0.3, -0.25) is 0 Å². The standard InChI is InChI=1S/C21H26BrNO6/c1-7-8-29-19-14(22)9-13(10-15(19)26-4)18-16(20(24)27-5)11(2)23-12(3)17(18)21(25)28-6/h9-10,18,23H,7-8H2,1-6H3. The molecule has 8 heteroatoms. The Hall–Kier alpha value is -2.48. The van der Waals surface area contributed by atoms with E-state index in [1.807, 2.05) is 13.0 Å². The molecule has 0 atom stereocenters. The quantitative estimate of drug-likeness (QED) is 0.609. The number of hydrogen-bond acceptors (Lipinski definition) is 7. The van der Waals surface area contributed by atoms with Crippen LogP contribution in [-0.2, 0) is 19.1 Å². The van der Waals surface area contributed by atoms with Gasteiger partial charge in [-0.05, 0) is 53.9 Å². The number of halogens is 1. The van der Waals surface area contributed by atoms with Gasteiger partial charge in [0, 0.05) is 11.4 Å². The van der Waals surface area contributed by atoms with Crippen LogP contribution in [0.1, 0.15) is 38.7 Å². The molecule has 0 radical (unpaired) electrons. The zero-order chi connectivity index (χ0) is 21.7. The molecule has 1 aromatic rings. The van der Waals surface area contributed by atoms with Crippen molar-refractivity contribution in [1.82, 2.24) is 5.32 Å². The van der Waals surface area contributed by atoms with Crippen LogP contribution < -0.4 is 14.8 Å². The van der Waals surface area contributed by atoms with Gasteiger partial charge < -0.3 is 24.3 Å². The van der Waals surface area contributed by atoms with Crippen LogP contribution in [0, 0.1) is 0 Å². The van der Waals surface area contributed by atoms with E-state index in [9.17, 15) is 9.59 Å². The number of esters is 2. The molecule has 7 nitrogen and oxygen atoms in total. The first kappa shape index (κ1) is 22.8. The summed E-state index contributed by atoms with van der Waals surface area (Å²) in [5.41, 5.74) is 2.53. The number of ether oxygens (including phenoxy) is 4. The molecule has 0 spiro atoms. The zero-order valence-electron chi connectivity index (χ0n) is 17.5. The molecule has 1 aromatic carbocycles. The lowest BCUT2D eigenvalue weighted by atomic mass is 9.80. The van der Waals surface area contributed by atoms with Crippen molar-refractivity contribution in [2.45, 2.75) is 33.1 Å². The molecule has 29 heavy (non-hydrogen) atoms. The fraction of sp³-hybridized carbons (Fsp3) is 0.429. The van der Waals surface area contributed by atoms with Crippen LogP contribution in [0.4, 0.5) is 0 Å². The van der Waals surface area contributed by atoms with E-state index in [1.54, 1.807) is 19.9 Å². The lowest BCUT2D eigenvalue weighted by Gasteiger charge is -2.30. The van der Waals surface area contributed by atoms with E-state index in [1.165, 1.54) is 21.3 Å². The highest BCUT2D eigenvalue weighted by atomic mass is 79.9. The fourth-order valence-corrected chi connectivity index (χ4v) is 3.91. The monoisotopic (exact) mass is 467 g/mol. The molecule has 1 aliphatic rings. The number of hydrogen-bond donors (Lipinski definition) is 1. The fourth-order valence-electron chi connectivity index (χ4n) is 3.34. The molecule has 2 rings (SSSR count). The maximum absolute atomic E-state index is 12.6. The number of allylic oxidation sites excluding steroid dienone is 2. The summed E-state index contributed by atoms with van der Waals surface area (Å²) in [6.45, 7) is 6.07. The van der Waals surface area contributed by atoms with Crippen LogP contribution >= 0.6 is 15.9 Å². The first-order chi connectivity index (χ1) is 13.8. The van der Waals surface area contributed by atoms with Crippen LogP contribution in [0.5, 0.6) is 11.5 Å². The minimum atomic E-state index is -0.693. The van der Waals surface area contributed by atoms with Crippen molar-refractivity contribution >= 4 is 27.9 Å². The average molecular weight is 468 g/mol. The van der Waals surface area contributed by atoms with E-state index in [0.29, 0.717) is 50.7 Å². The van der Waals surface area contributed by atoms with E-state index in [4.69, 9.17) is 18.9 Å². The summed E-state index contributed by atoms with van der Waals surface area (Å²) in [5, 5.41) is 3.08. The smallest absolute Gasteiger partial charge is 0.336 e. The van der Waals surface area contributed by atoms with Gasteiger partial charge in [0.15, 0.2) is 11.5 Å². The molecule has 1 aliphatic heterocycles. The van der Waals surface area contributed by atoms with Gasteiger partial charge in [0.25, 0.3) is 0 Å². The number of benzene rings is 1. The predicted molar refractivity (Wildman–Crippen MR) is 112 cm³/mol. The summed E-state index contributed by atoms with van der Waals surface area (Å²) in [5.74, 6) is -0.704. The van der Waals surface area contributed by atoms with Gasteiger partial charge in [0.2, 0.25) is 0 Å². The second-order valence-electron chi connectivity index (χ2n) is 6.50. The number of carbonyl (C=O) groups excluding carboxylic acids is 2. The van der Waals surface area contributed by atoms with Crippen molar-refractivity contribution in [2.75, 3.05) is 27.9 Å². The zero-order valence-corrected chi connectivity index (χ0v) is 19.1. The first-order valence-electron chi connectivity index (χ1n) is 9.15. The van der Waals surface area contributed by atoms with Crippen LogP contribution in [0.3, 0.4) is 0 Å². The minimum Gasteiger partial charge on any atom is -0.493 e. The van der Waals surface area contributed by atoms with Gasteiger partial charge in [0.1, 0.15) is 0 Å². The van der Waals surface area contributed by atoms with Crippen molar-refractivity contribution in [1.29, 1.82) is 0 Å². The highest BCUT2D eigenvalue weighted by Gasteiger charge is 2.38. The van der Waals surface area contributed by atoms with Crippen LogP contribution in [0.15, 0.2) is 39.1 Å². The van der Waals surface area contributed by atoms with Gasteiger partial charge in [-0.2, -0.15) is 0 Å². The molecule has 0 saturated heterocycles. The Morgan fingerprint density at radius 1 is 1.03 bits per heavy atom. The summed E-state index contributed by atoms with van der Waals surface area (Å²) in [7, 11) is 4.15. The number of dihydropyridines is 1. The summed E-state index contributed by atoms with van der Waals surface area (Å²) >= 11 is 3.53. The molecule has 1 heterocycles. The molecule has 0 aromatic heterocycles. The minimum absolute atomic E-state index is 0.328. The Bertz CT molecular complexity index is 836. The molecule has 0 aliphatic carbocycles. The second-order valence-corrected chi connectivity index (χ2v) is 7.36. The Morgan fingerprint density at radius 3 is 2.03 bits per heavy atom. The van der Waals surface area contributed by atoms with E-state index in [2.05, 4.69) is 21.2 Å². The van der Waals surface area contributed by atoms with Crippen molar-refractivity contribution in [3.05, 3.63) is 44.7 Å². The second kappa shape index (κ2) is 9.82. The Balaban J connectivity index is 2.73. The van der Waals surface area contributed by atoms with Crippen LogP contribution in [0.25, 0.3) is 0 Å². The highest BCUT2D eigenvalue weighted by molar-refractivity contribution is 9.10. The molecule has 0 fully saturated rings. The SMILES string of the molecule is CCCOc1c(Br)cc(C2C(C(=O)OC)=C(C)NC(C)=C2C(=O)OC)cc1OC. The Morgan fingerprint density at radius 2 is 1.59 bits per heavy atom. The number of nitrogens with one attached hydrogen (secondary N) is 1. The Labute approximate surface area is 179 Å². The van der Waals surface area contributed by atoms with Gasteiger partial charge >= 0.3 is 11.9 Å². The number of rotatable bonds is 7. The van der Waals surface area contributed by atoms with Crippen LogP contribution in [0.2, 0.25) is 0 Å². The van der Waals surface area contributed by atoms with Crippen molar-refractivity contribution in [3.8, 4) is 11.5 Å². The third kappa shape index (κ3) is 4.58. The molecule has 0 saturated carbocycles. The largest absolute Gasteiger partial charge is 0.493 e. The predicted octanol–water partition coefficient (Wildman–Crippen LogP) is 3.83. The molecule has 1 N–H and O–H groups in total. The van der Waals surface area contributed by atoms with E-state index in [-0.39, 0.29) is 0 Å². The average Bonchev–Trinajstić information content (AvgIpc) is 2.70. The Kier molecular flexibility index (Phi) is 7.73. The summed E-state index contributed by atoms with van der Waals surface area (Å²) < 4.78 is 22.0. The summed E-state index contributed by atoms with van der Waals surface area (Å²) in [6, 6.07) is 3.58. The molecule has 158 valence electrons. The normalized spacial score (nSPS) is 14.4. The van der Waals surface area contributed by atoms with Crippen molar-refractivity contribution < 1.29 is 28.5 Å². The lowest BCUT2D eigenvalue weighted by molar-refractivity contribution is -0.137. The van der Waals surface area contributed by atoms with Gasteiger partial charge in [-0.1, -0.05) is 6.92 Å². The van der Waals surface area contributed by atoms with Gasteiger partial charge in [0.05, 0.1) is 49.5 Å². The molecule has 0 bridgehead atoms. The van der Waals surface area contributed by atoms with Crippen LogP contribution in [-0.4, -0.2) is 39.9 Å². The third-order valence-corrected chi connectivity index (χ3v) is 5.20. The highest BCUT2D eigenvalue weighted by Crippen LogP contribution is 2.44. The van der Waals surface area contributed by atoms with Gasteiger partial charge in [-0.25, -0.2) is 9.59 Å². The topological polar surface area (TPSA) is 83.1 Å². The van der Waals surface area contributed by atoms with Crippen molar-refractivity contribution in [3.63, 3.8) is 0 Å². The lowest BCUT2D eigenvalue weighted by Crippen LogP contribution is -2.32. The first-order valence-corrected chi connectivity index (χ1v) is 9.95. The van der Waals surface area contributed by atoms with E-state index >= 15 is 0 Å². The number of methoxy groups -OCH3 is 3. The maximum Gasteiger partial charge on any atom is 0.336 e. The van der Waals surface area contributed by atoms with E-state index < -0.39 is 17.9 Å². The molecule has 0 unspecified atom stereocenters. The summed E-state index contributed by atoms with van der Waals surface area (Å²) in [6.07, 6.45) is 0.842.